The van der Waals surface area contributed by atoms with Gasteiger partial charge in [0.25, 0.3) is 0 Å². The highest BCUT2D eigenvalue weighted by atomic mass is 35.5. The van der Waals surface area contributed by atoms with Crippen molar-refractivity contribution in [1.29, 1.82) is 0 Å². The van der Waals surface area contributed by atoms with Gasteiger partial charge in [0.15, 0.2) is 0 Å². The molecule has 0 aliphatic heterocycles. The molecule has 2 rings (SSSR count). The van der Waals surface area contributed by atoms with Gasteiger partial charge in [-0.15, -0.1) is 0 Å². The molecule has 0 aliphatic rings. The number of urea groups is 1. The molecule has 146 valence electrons. The molecule has 0 aliphatic carbocycles. The Balaban J connectivity index is 1.59. The van der Waals surface area contributed by atoms with Crippen LogP contribution in [0, 0.1) is 0 Å². The van der Waals surface area contributed by atoms with Crippen LogP contribution in [0.15, 0.2) is 48.5 Å². The molecule has 0 aromatic heterocycles. The molecule has 0 bridgehead atoms. The van der Waals surface area contributed by atoms with Crippen LogP contribution in [0.2, 0.25) is 5.02 Å². The molecule has 6 heteroatoms. The summed E-state index contributed by atoms with van der Waals surface area (Å²) in [7, 11) is 1.79. The fourth-order valence-corrected chi connectivity index (χ4v) is 2.61. The van der Waals surface area contributed by atoms with Gasteiger partial charge in [0.05, 0.1) is 13.2 Å². The van der Waals surface area contributed by atoms with Crippen LogP contribution in [-0.2, 0) is 6.54 Å². The number of amides is 2. The molecule has 2 amide bonds. The Morgan fingerprint density at radius 1 is 1.00 bits per heavy atom. The van der Waals surface area contributed by atoms with E-state index in [1.54, 1.807) is 24.1 Å². The Morgan fingerprint density at radius 2 is 1.63 bits per heavy atom. The van der Waals surface area contributed by atoms with Crippen LogP contribution >= 0.6 is 11.6 Å². The molecule has 27 heavy (non-hydrogen) atoms. The molecule has 2 aromatic carbocycles. The normalized spacial score (nSPS) is 10.3. The van der Waals surface area contributed by atoms with Crippen molar-refractivity contribution in [2.24, 2.45) is 0 Å². The molecule has 0 spiro atoms. The largest absolute Gasteiger partial charge is 0.494 e. The minimum Gasteiger partial charge on any atom is -0.494 e. The third-order valence-electron chi connectivity index (χ3n) is 3.93. The summed E-state index contributed by atoms with van der Waals surface area (Å²) in [6.45, 7) is 4.39. The van der Waals surface area contributed by atoms with Crippen molar-refractivity contribution in [2.75, 3.05) is 26.8 Å². The smallest absolute Gasteiger partial charge is 0.317 e. The lowest BCUT2D eigenvalue weighted by Gasteiger charge is -2.18. The molecule has 0 unspecified atom stereocenters. The van der Waals surface area contributed by atoms with Gasteiger partial charge in [-0.3, -0.25) is 0 Å². The van der Waals surface area contributed by atoms with Gasteiger partial charge in [-0.2, -0.15) is 0 Å². The van der Waals surface area contributed by atoms with Crippen LogP contribution < -0.4 is 14.8 Å². The Labute approximate surface area is 166 Å². The maximum absolute atomic E-state index is 12.1. The Hall–Kier alpha value is -2.40. The lowest BCUT2D eigenvalue weighted by Crippen LogP contribution is -2.37. The van der Waals surface area contributed by atoms with E-state index in [-0.39, 0.29) is 6.03 Å². The van der Waals surface area contributed by atoms with E-state index in [1.165, 1.54) is 0 Å². The molecule has 0 fully saturated rings. The number of nitrogens with zero attached hydrogens (tertiary/aromatic N) is 1. The van der Waals surface area contributed by atoms with Crippen LogP contribution in [0.3, 0.4) is 0 Å². The summed E-state index contributed by atoms with van der Waals surface area (Å²) in [6, 6.07) is 15.0. The minimum absolute atomic E-state index is 0.0810. The van der Waals surface area contributed by atoms with E-state index in [0.29, 0.717) is 31.3 Å². The number of ether oxygens (including phenoxy) is 2. The van der Waals surface area contributed by atoms with Gasteiger partial charge in [0.1, 0.15) is 11.5 Å². The predicted octanol–water partition coefficient (Wildman–Crippen LogP) is 4.74. The zero-order valence-electron chi connectivity index (χ0n) is 15.9. The van der Waals surface area contributed by atoms with E-state index in [4.69, 9.17) is 21.1 Å². The van der Waals surface area contributed by atoms with E-state index in [1.807, 2.05) is 43.3 Å². The van der Waals surface area contributed by atoms with Gasteiger partial charge in [0, 0.05) is 25.2 Å². The maximum atomic E-state index is 12.1. The fourth-order valence-electron chi connectivity index (χ4n) is 2.48. The third kappa shape index (κ3) is 7.79. The highest BCUT2D eigenvalue weighted by Gasteiger charge is 2.08. The molecule has 2 aromatic rings. The number of unbranched alkanes of at least 4 members (excludes halogenated alkanes) is 1. The van der Waals surface area contributed by atoms with E-state index in [9.17, 15) is 4.79 Å². The maximum Gasteiger partial charge on any atom is 0.317 e. The van der Waals surface area contributed by atoms with Gasteiger partial charge < -0.3 is 19.7 Å². The Bertz CT molecular complexity index is 690. The van der Waals surface area contributed by atoms with Crippen LogP contribution in [0.4, 0.5) is 4.79 Å². The van der Waals surface area contributed by atoms with Crippen molar-refractivity contribution in [3.63, 3.8) is 0 Å². The average molecular weight is 391 g/mol. The van der Waals surface area contributed by atoms with Crippen LogP contribution in [0.25, 0.3) is 0 Å². The van der Waals surface area contributed by atoms with Gasteiger partial charge in [-0.25, -0.2) is 4.79 Å². The highest BCUT2D eigenvalue weighted by Crippen LogP contribution is 2.16. The number of carbonyl (C=O) groups excluding carboxylic acids is 1. The molecule has 5 nitrogen and oxygen atoms in total. The summed E-state index contributed by atoms with van der Waals surface area (Å²) >= 11 is 5.83. The first-order chi connectivity index (χ1) is 13.1. The van der Waals surface area contributed by atoms with E-state index < -0.39 is 0 Å². The van der Waals surface area contributed by atoms with Crippen molar-refractivity contribution in [3.05, 3.63) is 59.1 Å². The van der Waals surface area contributed by atoms with Crippen molar-refractivity contribution in [2.45, 2.75) is 26.3 Å². The summed E-state index contributed by atoms with van der Waals surface area (Å²) in [5, 5.41) is 3.62. The van der Waals surface area contributed by atoms with Crippen LogP contribution in [-0.4, -0.2) is 37.7 Å². The molecule has 0 atom stereocenters. The first-order valence-corrected chi connectivity index (χ1v) is 9.55. The van der Waals surface area contributed by atoms with Gasteiger partial charge in [-0.05, 0) is 61.7 Å². The summed E-state index contributed by atoms with van der Waals surface area (Å²) in [5.41, 5.74) is 1.06. The molecule has 0 saturated carbocycles. The molecular formula is C21H27ClN2O3. The summed E-state index contributed by atoms with van der Waals surface area (Å²) < 4.78 is 11.1. The van der Waals surface area contributed by atoms with E-state index in [2.05, 4.69) is 5.32 Å². The Kier molecular flexibility index (Phi) is 8.78. The SMILES string of the molecule is CCOc1ccc(CN(C)C(=O)NCCCCOc2ccc(Cl)cc2)cc1. The van der Waals surface area contributed by atoms with Crippen molar-refractivity contribution >= 4 is 17.6 Å². The second-order valence-electron chi connectivity index (χ2n) is 6.17. The summed E-state index contributed by atoms with van der Waals surface area (Å²) in [6.07, 6.45) is 1.72. The molecule has 0 heterocycles. The standard InChI is InChI=1S/C21H27ClN2O3/c1-3-26-19-10-6-17(7-11-19)16-24(2)21(25)23-14-4-5-15-27-20-12-8-18(22)9-13-20/h6-13H,3-5,14-16H2,1-2H3,(H,23,25). The van der Waals surface area contributed by atoms with E-state index in [0.717, 1.165) is 29.9 Å². The summed E-state index contributed by atoms with van der Waals surface area (Å²) in [4.78, 5) is 13.8. The van der Waals surface area contributed by atoms with Crippen molar-refractivity contribution in [3.8, 4) is 11.5 Å². The first kappa shape index (κ1) is 20.9. The zero-order valence-corrected chi connectivity index (χ0v) is 16.7. The number of nitrogens with one attached hydrogen (secondary N) is 1. The van der Waals surface area contributed by atoms with Crippen molar-refractivity contribution in [1.82, 2.24) is 10.2 Å². The number of halogens is 1. The predicted molar refractivity (Wildman–Crippen MR) is 109 cm³/mol. The van der Waals surface area contributed by atoms with Crippen LogP contribution in [0.5, 0.6) is 11.5 Å². The molecular weight excluding hydrogens is 364 g/mol. The van der Waals surface area contributed by atoms with Gasteiger partial charge in [0.2, 0.25) is 0 Å². The number of benzene rings is 2. The van der Waals surface area contributed by atoms with Crippen molar-refractivity contribution < 1.29 is 14.3 Å². The molecule has 0 radical (unpaired) electrons. The molecule has 1 N–H and O–H groups in total. The van der Waals surface area contributed by atoms with E-state index >= 15 is 0 Å². The second-order valence-corrected chi connectivity index (χ2v) is 6.61. The fraction of sp³-hybridized carbons (Fsp3) is 0.381. The topological polar surface area (TPSA) is 50.8 Å². The molecule has 0 saturated heterocycles. The second kappa shape index (κ2) is 11.3. The lowest BCUT2D eigenvalue weighted by atomic mass is 10.2. The first-order valence-electron chi connectivity index (χ1n) is 9.17. The Morgan fingerprint density at radius 3 is 2.30 bits per heavy atom. The van der Waals surface area contributed by atoms with Gasteiger partial charge >= 0.3 is 6.03 Å². The average Bonchev–Trinajstić information content (AvgIpc) is 2.67. The zero-order chi connectivity index (χ0) is 19.5. The van der Waals surface area contributed by atoms with Gasteiger partial charge in [-0.1, -0.05) is 23.7 Å². The monoisotopic (exact) mass is 390 g/mol. The number of hydrogen-bond acceptors (Lipinski definition) is 3. The quantitative estimate of drug-likeness (QED) is 0.596. The highest BCUT2D eigenvalue weighted by molar-refractivity contribution is 6.30. The summed E-state index contributed by atoms with van der Waals surface area (Å²) in [5.74, 6) is 1.65. The number of carbonyl (C=O) groups is 1. The van der Waals surface area contributed by atoms with Crippen LogP contribution in [0.1, 0.15) is 25.3 Å². The third-order valence-corrected chi connectivity index (χ3v) is 4.18. The lowest BCUT2D eigenvalue weighted by molar-refractivity contribution is 0.206. The number of rotatable bonds is 10. The minimum atomic E-state index is -0.0810. The number of hydrogen-bond donors (Lipinski definition) is 1.